The first-order chi connectivity index (χ1) is 11.8. The van der Waals surface area contributed by atoms with Gasteiger partial charge in [-0.15, -0.1) is 0 Å². The van der Waals surface area contributed by atoms with Crippen LogP contribution in [0.25, 0.3) is 10.9 Å². The van der Waals surface area contributed by atoms with E-state index < -0.39 is 0 Å². The lowest BCUT2D eigenvalue weighted by atomic mass is 10.1. The summed E-state index contributed by atoms with van der Waals surface area (Å²) in [4.78, 5) is 12.8. The first kappa shape index (κ1) is 15.0. The lowest BCUT2D eigenvalue weighted by molar-refractivity contribution is 0.101. The molecule has 2 heterocycles. The number of carbonyl (C=O) groups is 1. The second kappa shape index (κ2) is 6.49. The summed E-state index contributed by atoms with van der Waals surface area (Å²) in [5.41, 5.74) is 2.61. The number of benzene rings is 2. The second-order valence-electron chi connectivity index (χ2n) is 6.25. The molecular weight excluding hydrogens is 300 g/mol. The first-order valence-corrected chi connectivity index (χ1v) is 8.34. The van der Waals surface area contributed by atoms with Crippen molar-refractivity contribution in [2.24, 2.45) is 5.92 Å². The largest absolute Gasteiger partial charge is 0.381 e. The molecular formula is C20H20N2O2. The highest BCUT2D eigenvalue weighted by Crippen LogP contribution is 2.24. The van der Waals surface area contributed by atoms with Crippen LogP contribution >= 0.6 is 0 Å². The number of anilines is 1. The number of hydrogen-bond acceptors (Lipinski definition) is 2. The molecule has 24 heavy (non-hydrogen) atoms. The van der Waals surface area contributed by atoms with E-state index in [2.05, 4.69) is 22.0 Å². The van der Waals surface area contributed by atoms with Crippen molar-refractivity contribution in [1.29, 1.82) is 0 Å². The van der Waals surface area contributed by atoms with E-state index in [9.17, 15) is 4.79 Å². The average Bonchev–Trinajstić information content (AvgIpc) is 3.25. The molecule has 1 amide bonds. The number of nitrogens with zero attached hydrogens (tertiary/aromatic N) is 1. The van der Waals surface area contributed by atoms with Gasteiger partial charge < -0.3 is 14.6 Å². The molecule has 0 radical (unpaired) electrons. The molecule has 4 heteroatoms. The summed E-state index contributed by atoms with van der Waals surface area (Å²) in [6, 6.07) is 19.7. The zero-order chi connectivity index (χ0) is 16.4. The Morgan fingerprint density at radius 3 is 2.71 bits per heavy atom. The number of nitrogens with one attached hydrogen (secondary N) is 1. The van der Waals surface area contributed by atoms with Crippen LogP contribution in [0.15, 0.2) is 60.7 Å². The van der Waals surface area contributed by atoms with Gasteiger partial charge in [0, 0.05) is 35.7 Å². The molecule has 1 unspecified atom stereocenters. The Balaban J connectivity index is 1.69. The van der Waals surface area contributed by atoms with E-state index in [0.717, 1.165) is 42.8 Å². The van der Waals surface area contributed by atoms with Gasteiger partial charge in [-0.1, -0.05) is 36.4 Å². The molecule has 2 aromatic carbocycles. The summed E-state index contributed by atoms with van der Waals surface area (Å²) in [6.45, 7) is 2.40. The van der Waals surface area contributed by atoms with Crippen LogP contribution in [0.3, 0.4) is 0 Å². The molecule has 1 fully saturated rings. The Bertz CT molecular complexity index is 848. The van der Waals surface area contributed by atoms with Gasteiger partial charge in [0.15, 0.2) is 0 Å². The van der Waals surface area contributed by atoms with Crippen LogP contribution in [0.4, 0.5) is 5.69 Å². The van der Waals surface area contributed by atoms with Crippen molar-refractivity contribution in [3.63, 3.8) is 0 Å². The van der Waals surface area contributed by atoms with Crippen LogP contribution in [0.2, 0.25) is 0 Å². The second-order valence-corrected chi connectivity index (χ2v) is 6.25. The molecule has 0 spiro atoms. The van der Waals surface area contributed by atoms with Crippen LogP contribution in [-0.4, -0.2) is 23.7 Å². The molecule has 1 N–H and O–H groups in total. The maximum absolute atomic E-state index is 12.8. The van der Waals surface area contributed by atoms with Gasteiger partial charge in [-0.25, -0.2) is 0 Å². The zero-order valence-corrected chi connectivity index (χ0v) is 13.4. The van der Waals surface area contributed by atoms with Gasteiger partial charge in [0.25, 0.3) is 5.91 Å². The molecule has 1 atom stereocenters. The molecule has 0 bridgehead atoms. The summed E-state index contributed by atoms with van der Waals surface area (Å²) in [6.07, 6.45) is 1.05. The molecule has 1 aliphatic rings. The highest BCUT2D eigenvalue weighted by Gasteiger charge is 2.21. The molecule has 4 rings (SSSR count). The van der Waals surface area contributed by atoms with E-state index in [1.165, 1.54) is 0 Å². The normalized spacial score (nSPS) is 17.2. The van der Waals surface area contributed by atoms with E-state index >= 15 is 0 Å². The number of para-hydroxylation sites is 2. The Labute approximate surface area is 141 Å². The van der Waals surface area contributed by atoms with Crippen molar-refractivity contribution in [1.82, 2.24) is 4.57 Å². The fourth-order valence-corrected chi connectivity index (χ4v) is 3.30. The molecule has 3 aromatic rings. The van der Waals surface area contributed by atoms with Crippen molar-refractivity contribution in [2.45, 2.75) is 13.0 Å². The lowest BCUT2D eigenvalue weighted by Gasteiger charge is -2.14. The molecule has 1 aliphatic heterocycles. The molecule has 1 saturated heterocycles. The zero-order valence-electron chi connectivity index (χ0n) is 13.4. The number of fused-ring (bicyclic) bond motifs is 1. The maximum Gasteiger partial charge on any atom is 0.272 e. The summed E-state index contributed by atoms with van der Waals surface area (Å²) in [7, 11) is 0. The predicted molar refractivity (Wildman–Crippen MR) is 95.3 cm³/mol. The van der Waals surface area contributed by atoms with Gasteiger partial charge in [0.2, 0.25) is 0 Å². The van der Waals surface area contributed by atoms with Crippen molar-refractivity contribution in [2.75, 3.05) is 18.5 Å². The van der Waals surface area contributed by atoms with E-state index in [-0.39, 0.29) is 5.91 Å². The van der Waals surface area contributed by atoms with Gasteiger partial charge in [-0.3, -0.25) is 4.79 Å². The topological polar surface area (TPSA) is 43.3 Å². The third kappa shape index (κ3) is 2.93. The summed E-state index contributed by atoms with van der Waals surface area (Å²) in [5, 5.41) is 4.09. The SMILES string of the molecule is O=C(Nc1ccccc1)c1cc2ccccc2n1CC1CCOC1. The van der Waals surface area contributed by atoms with Crippen molar-refractivity contribution in [3.8, 4) is 0 Å². The van der Waals surface area contributed by atoms with E-state index in [0.29, 0.717) is 11.6 Å². The fourth-order valence-electron chi connectivity index (χ4n) is 3.30. The lowest BCUT2D eigenvalue weighted by Crippen LogP contribution is -2.20. The minimum atomic E-state index is -0.0729. The van der Waals surface area contributed by atoms with Gasteiger partial charge in [0.05, 0.1) is 6.61 Å². The first-order valence-electron chi connectivity index (χ1n) is 8.34. The molecule has 4 nitrogen and oxygen atoms in total. The van der Waals surface area contributed by atoms with Crippen molar-refractivity contribution in [3.05, 3.63) is 66.4 Å². The van der Waals surface area contributed by atoms with E-state index in [4.69, 9.17) is 4.74 Å². The molecule has 0 aliphatic carbocycles. The van der Waals surface area contributed by atoms with Crippen LogP contribution < -0.4 is 5.32 Å². The summed E-state index contributed by atoms with van der Waals surface area (Å²) < 4.78 is 7.63. The Morgan fingerprint density at radius 2 is 1.92 bits per heavy atom. The predicted octanol–water partition coefficient (Wildman–Crippen LogP) is 3.93. The molecule has 0 saturated carbocycles. The van der Waals surface area contributed by atoms with Crippen molar-refractivity contribution < 1.29 is 9.53 Å². The third-order valence-corrected chi connectivity index (χ3v) is 4.54. The number of hydrogen-bond donors (Lipinski definition) is 1. The quantitative estimate of drug-likeness (QED) is 0.791. The number of ether oxygens (including phenoxy) is 1. The van der Waals surface area contributed by atoms with E-state index in [1.807, 2.05) is 48.5 Å². The van der Waals surface area contributed by atoms with Crippen LogP contribution in [0.1, 0.15) is 16.9 Å². The minimum Gasteiger partial charge on any atom is -0.381 e. The Morgan fingerprint density at radius 1 is 1.12 bits per heavy atom. The summed E-state index contributed by atoms with van der Waals surface area (Å²) in [5.74, 6) is 0.389. The number of aromatic nitrogens is 1. The number of amides is 1. The Hall–Kier alpha value is -2.59. The van der Waals surface area contributed by atoms with Gasteiger partial charge >= 0.3 is 0 Å². The standard InChI is InChI=1S/C20H20N2O2/c23-20(21-17-7-2-1-3-8-17)19-12-16-6-4-5-9-18(16)22(19)13-15-10-11-24-14-15/h1-9,12,15H,10-11,13-14H2,(H,21,23). The van der Waals surface area contributed by atoms with Gasteiger partial charge in [-0.2, -0.15) is 0 Å². The molecule has 122 valence electrons. The Kier molecular flexibility index (Phi) is 4.05. The van der Waals surface area contributed by atoms with Crippen LogP contribution in [-0.2, 0) is 11.3 Å². The fraction of sp³-hybridized carbons (Fsp3) is 0.250. The highest BCUT2D eigenvalue weighted by atomic mass is 16.5. The highest BCUT2D eigenvalue weighted by molar-refractivity contribution is 6.06. The third-order valence-electron chi connectivity index (χ3n) is 4.54. The number of carbonyl (C=O) groups excluding carboxylic acids is 1. The summed E-state index contributed by atoms with van der Waals surface area (Å²) >= 11 is 0. The van der Waals surface area contributed by atoms with Gasteiger partial charge in [-0.05, 0) is 30.7 Å². The van der Waals surface area contributed by atoms with Gasteiger partial charge in [0.1, 0.15) is 5.69 Å². The maximum atomic E-state index is 12.8. The number of rotatable bonds is 4. The minimum absolute atomic E-state index is 0.0729. The smallest absolute Gasteiger partial charge is 0.272 e. The average molecular weight is 320 g/mol. The van der Waals surface area contributed by atoms with Crippen LogP contribution in [0, 0.1) is 5.92 Å². The van der Waals surface area contributed by atoms with E-state index in [1.54, 1.807) is 0 Å². The molecule has 1 aromatic heterocycles. The van der Waals surface area contributed by atoms with Crippen LogP contribution in [0.5, 0.6) is 0 Å². The van der Waals surface area contributed by atoms with Crippen molar-refractivity contribution >= 4 is 22.5 Å². The monoisotopic (exact) mass is 320 g/mol.